The maximum absolute atomic E-state index is 4.07. The van der Waals surface area contributed by atoms with Crippen molar-refractivity contribution in [2.24, 2.45) is 0 Å². The van der Waals surface area contributed by atoms with Crippen LogP contribution in [0.25, 0.3) is 136 Å². The van der Waals surface area contributed by atoms with Gasteiger partial charge >= 0.3 is 0 Å². The Morgan fingerprint density at radius 3 is 1.56 bits per heavy atom. The minimum Gasteiger partial charge on any atom is -0.354 e. The summed E-state index contributed by atoms with van der Waals surface area (Å²) in [6.45, 7) is 13.9. The van der Waals surface area contributed by atoms with Gasteiger partial charge in [-0.25, -0.2) is 0 Å². The Bertz CT molecular complexity index is 4360. The molecule has 71 heavy (non-hydrogen) atoms. The van der Waals surface area contributed by atoms with Crippen LogP contribution in [0.2, 0.25) is 0 Å². The fraction of sp³-hybridized carbons (Fsp3) is 0.118. The number of rotatable bonds is 5. The number of nitrogens with zero attached hydrogens (tertiary/aromatic N) is 1. The molecule has 4 aromatic heterocycles. The first-order chi connectivity index (χ1) is 34.4. The highest BCUT2D eigenvalue weighted by Crippen LogP contribution is 2.49. The number of aromatic nitrogens is 2. The van der Waals surface area contributed by atoms with Gasteiger partial charge in [0, 0.05) is 63.6 Å². The monoisotopic (exact) mass is 928 g/mol. The van der Waals surface area contributed by atoms with Gasteiger partial charge in [0.15, 0.2) is 0 Å². The number of para-hydroxylation sites is 1. The molecule has 14 rings (SSSR count). The van der Waals surface area contributed by atoms with Crippen molar-refractivity contribution in [3.8, 4) is 55.6 Å². The standard InChI is InChI=1S/C68H52N2S/c1-67(2,3)49-33-48(34-50(36-49)68(4,5)6)43-27-28-60-55(35-43)52-24-16-25-53-56-38-59-54(39-61(56)70(60)65(52)53)57-37-58-51-23-13-14-26-62(51)71-66(58)63(64(57)69-59)44-22-15-21-42(29-44)47-31-45(40-17-9-7-10-18-40)30-46(32-47)41-19-11-8-12-20-41/h7-39,69H,1-6H3. The Morgan fingerprint density at radius 1 is 0.352 bits per heavy atom. The summed E-state index contributed by atoms with van der Waals surface area (Å²) < 4.78 is 5.15. The summed E-state index contributed by atoms with van der Waals surface area (Å²) in [6, 6.07) is 75.4. The highest BCUT2D eigenvalue weighted by molar-refractivity contribution is 7.26. The van der Waals surface area contributed by atoms with Crippen LogP contribution in [-0.2, 0) is 10.8 Å². The molecular formula is C68H52N2S. The lowest BCUT2D eigenvalue weighted by molar-refractivity contribution is 0.569. The molecule has 10 aromatic carbocycles. The SMILES string of the molecule is CC(C)(C)c1cc(-c2ccc3c(c2)c2cccc4c5cc6[nH]c7c(-c8cccc(-c9cc(-c%10ccccc%10)cc(-c%10ccccc%10)c9)c8)c8sc9ccccc9c8cc7c6cc5n3c24)cc(C(C)(C)C)c1. The zero-order chi connectivity index (χ0) is 47.9. The number of benzene rings is 10. The van der Waals surface area contributed by atoms with E-state index < -0.39 is 0 Å². The molecule has 1 N–H and O–H groups in total. The highest BCUT2D eigenvalue weighted by atomic mass is 32.1. The minimum absolute atomic E-state index is 0.0407. The predicted octanol–water partition coefficient (Wildman–Crippen LogP) is 19.8. The molecule has 340 valence electrons. The van der Waals surface area contributed by atoms with Crippen LogP contribution in [0.5, 0.6) is 0 Å². The van der Waals surface area contributed by atoms with Gasteiger partial charge in [-0.3, -0.25) is 0 Å². The summed E-state index contributed by atoms with van der Waals surface area (Å²) in [6.07, 6.45) is 0. The Labute approximate surface area is 417 Å². The van der Waals surface area contributed by atoms with Crippen LogP contribution >= 0.6 is 11.3 Å². The third kappa shape index (κ3) is 6.60. The van der Waals surface area contributed by atoms with E-state index in [0.29, 0.717) is 0 Å². The molecule has 0 saturated heterocycles. The van der Waals surface area contributed by atoms with Gasteiger partial charge in [-0.15, -0.1) is 11.3 Å². The number of hydrogen-bond donors (Lipinski definition) is 1. The largest absolute Gasteiger partial charge is 0.354 e. The summed E-state index contributed by atoms with van der Waals surface area (Å²) in [4.78, 5) is 4.07. The Hall–Kier alpha value is -7.98. The molecule has 0 unspecified atom stereocenters. The quantitative estimate of drug-likeness (QED) is 0.177. The molecule has 0 atom stereocenters. The minimum atomic E-state index is 0.0407. The summed E-state index contributed by atoms with van der Waals surface area (Å²) >= 11 is 1.90. The molecule has 0 saturated carbocycles. The van der Waals surface area contributed by atoms with E-state index in [1.165, 1.54) is 141 Å². The van der Waals surface area contributed by atoms with Crippen molar-refractivity contribution in [3.05, 3.63) is 211 Å². The molecule has 0 amide bonds. The average Bonchev–Trinajstić information content (AvgIpc) is 4.14. The Balaban J connectivity index is 0.986. The molecule has 0 aliphatic carbocycles. The van der Waals surface area contributed by atoms with Crippen LogP contribution in [0.15, 0.2) is 200 Å². The highest BCUT2D eigenvalue weighted by Gasteiger charge is 2.25. The fourth-order valence-corrected chi connectivity index (χ4v) is 12.8. The van der Waals surface area contributed by atoms with Crippen molar-refractivity contribution in [2.75, 3.05) is 0 Å². The molecule has 0 spiro atoms. The van der Waals surface area contributed by atoms with Crippen molar-refractivity contribution in [1.29, 1.82) is 0 Å². The molecule has 0 aliphatic heterocycles. The number of H-pyrrole nitrogens is 1. The first kappa shape index (κ1) is 41.9. The van der Waals surface area contributed by atoms with Crippen LogP contribution in [0, 0.1) is 0 Å². The van der Waals surface area contributed by atoms with Gasteiger partial charge in [-0.1, -0.05) is 181 Å². The van der Waals surface area contributed by atoms with Gasteiger partial charge in [0.25, 0.3) is 0 Å². The van der Waals surface area contributed by atoms with E-state index in [2.05, 4.69) is 251 Å². The summed E-state index contributed by atoms with van der Waals surface area (Å²) in [5.74, 6) is 0. The smallest absolute Gasteiger partial charge is 0.0620 e. The van der Waals surface area contributed by atoms with Crippen molar-refractivity contribution >= 4 is 91.4 Å². The first-order valence-electron chi connectivity index (χ1n) is 25.0. The van der Waals surface area contributed by atoms with Gasteiger partial charge in [0.05, 0.1) is 22.1 Å². The van der Waals surface area contributed by atoms with Crippen molar-refractivity contribution in [1.82, 2.24) is 9.38 Å². The number of hydrogen-bond acceptors (Lipinski definition) is 1. The summed E-state index contributed by atoms with van der Waals surface area (Å²) in [7, 11) is 0. The lowest BCUT2D eigenvalue weighted by Gasteiger charge is -2.26. The van der Waals surface area contributed by atoms with E-state index in [1.807, 2.05) is 11.3 Å². The van der Waals surface area contributed by atoms with Crippen LogP contribution < -0.4 is 0 Å². The lowest BCUT2D eigenvalue weighted by Crippen LogP contribution is -2.16. The van der Waals surface area contributed by atoms with Gasteiger partial charge in [-0.2, -0.15) is 0 Å². The zero-order valence-corrected chi connectivity index (χ0v) is 41.7. The van der Waals surface area contributed by atoms with E-state index >= 15 is 0 Å². The molecule has 2 nitrogen and oxygen atoms in total. The molecule has 0 bridgehead atoms. The second-order valence-corrected chi connectivity index (χ2v) is 22.9. The number of fused-ring (bicyclic) bond motifs is 12. The predicted molar refractivity (Wildman–Crippen MR) is 308 cm³/mol. The lowest BCUT2D eigenvalue weighted by atomic mass is 9.79. The van der Waals surface area contributed by atoms with Crippen molar-refractivity contribution in [2.45, 2.75) is 52.4 Å². The van der Waals surface area contributed by atoms with Crippen LogP contribution in [0.4, 0.5) is 0 Å². The van der Waals surface area contributed by atoms with Crippen molar-refractivity contribution < 1.29 is 0 Å². The first-order valence-corrected chi connectivity index (χ1v) is 25.8. The Kier molecular flexibility index (Phi) is 9.01. The molecule has 4 heterocycles. The molecule has 3 heteroatoms. The van der Waals surface area contributed by atoms with Crippen LogP contribution in [0.1, 0.15) is 52.7 Å². The second-order valence-electron chi connectivity index (χ2n) is 21.9. The second kappa shape index (κ2) is 15.3. The van der Waals surface area contributed by atoms with E-state index in [1.54, 1.807) is 0 Å². The molecule has 14 aromatic rings. The van der Waals surface area contributed by atoms with Crippen LogP contribution in [0.3, 0.4) is 0 Å². The van der Waals surface area contributed by atoms with Crippen LogP contribution in [-0.4, -0.2) is 9.38 Å². The van der Waals surface area contributed by atoms with Gasteiger partial charge in [0.1, 0.15) is 0 Å². The summed E-state index contributed by atoms with van der Waals surface area (Å²) in [5, 5.41) is 10.2. The number of aromatic amines is 1. The van der Waals surface area contributed by atoms with Gasteiger partial charge in [0.2, 0.25) is 0 Å². The fourth-order valence-electron chi connectivity index (χ4n) is 11.5. The van der Waals surface area contributed by atoms with E-state index in [-0.39, 0.29) is 10.8 Å². The average molecular weight is 929 g/mol. The third-order valence-corrected chi connectivity index (χ3v) is 16.5. The van der Waals surface area contributed by atoms with Gasteiger partial charge < -0.3 is 9.38 Å². The molecule has 0 fully saturated rings. The van der Waals surface area contributed by atoms with E-state index in [4.69, 9.17) is 0 Å². The Morgan fingerprint density at radius 2 is 0.887 bits per heavy atom. The maximum atomic E-state index is 4.07. The number of thiophene rings is 1. The maximum Gasteiger partial charge on any atom is 0.0620 e. The molecular weight excluding hydrogens is 877 g/mol. The topological polar surface area (TPSA) is 20.2 Å². The molecule has 0 radical (unpaired) electrons. The summed E-state index contributed by atoms with van der Waals surface area (Å²) in [5.41, 5.74) is 21.2. The van der Waals surface area contributed by atoms with Gasteiger partial charge in [-0.05, 0) is 133 Å². The van der Waals surface area contributed by atoms with E-state index in [0.717, 1.165) is 5.52 Å². The normalized spacial score (nSPS) is 12.6. The third-order valence-electron chi connectivity index (χ3n) is 15.3. The molecule has 0 aliphatic rings. The number of nitrogens with one attached hydrogen (secondary N) is 1. The van der Waals surface area contributed by atoms with Crippen molar-refractivity contribution in [3.63, 3.8) is 0 Å². The van der Waals surface area contributed by atoms with E-state index in [9.17, 15) is 0 Å². The zero-order valence-electron chi connectivity index (χ0n) is 40.9.